The summed E-state index contributed by atoms with van der Waals surface area (Å²) >= 11 is 0. The first-order chi connectivity index (χ1) is 7.11. The van der Waals surface area contributed by atoms with Gasteiger partial charge in [-0.05, 0) is 6.07 Å². The molecule has 1 aromatic carbocycles. The number of carbonyl (C=O) groups excluding carboxylic acids is 1. The van der Waals surface area contributed by atoms with Crippen molar-refractivity contribution < 1.29 is 18.3 Å². The minimum absolute atomic E-state index is 0.0603. The number of H-pyrrole nitrogens is 1. The Labute approximate surface area is 82.5 Å². The van der Waals surface area contributed by atoms with E-state index in [4.69, 9.17) is 0 Å². The first-order valence-corrected chi connectivity index (χ1v) is 4.02. The molecule has 0 aliphatic rings. The Hall–Kier alpha value is -2.11. The zero-order valence-electron chi connectivity index (χ0n) is 7.67. The van der Waals surface area contributed by atoms with Crippen LogP contribution in [-0.4, -0.2) is 18.1 Å². The Morgan fingerprint density at radius 1 is 1.53 bits per heavy atom. The van der Waals surface area contributed by atoms with Crippen LogP contribution in [-0.2, 0) is 4.74 Å². The molecule has 78 valence electrons. The van der Waals surface area contributed by atoms with E-state index in [0.717, 1.165) is 13.2 Å². The van der Waals surface area contributed by atoms with E-state index < -0.39 is 17.5 Å². The van der Waals surface area contributed by atoms with Crippen molar-refractivity contribution in [1.82, 2.24) is 4.98 Å². The van der Waals surface area contributed by atoms with Crippen LogP contribution in [0.3, 0.4) is 0 Å². The Kier molecular flexibility index (Phi) is 2.03. The Morgan fingerprint density at radius 2 is 2.27 bits per heavy atom. The van der Waals surface area contributed by atoms with E-state index in [9.17, 15) is 14.0 Å². The third-order valence-corrected chi connectivity index (χ3v) is 1.91. The lowest BCUT2D eigenvalue weighted by atomic mass is 10.2. The number of oxazole rings is 1. The van der Waals surface area contributed by atoms with E-state index >= 15 is 0 Å². The van der Waals surface area contributed by atoms with Crippen LogP contribution in [0.4, 0.5) is 4.39 Å². The van der Waals surface area contributed by atoms with Gasteiger partial charge in [0.05, 0.1) is 18.2 Å². The van der Waals surface area contributed by atoms with Crippen LogP contribution < -0.4 is 5.76 Å². The number of aromatic nitrogens is 1. The van der Waals surface area contributed by atoms with Gasteiger partial charge in [-0.15, -0.1) is 0 Å². The Morgan fingerprint density at radius 3 is 2.93 bits per heavy atom. The van der Waals surface area contributed by atoms with Crippen molar-refractivity contribution in [3.8, 4) is 0 Å². The van der Waals surface area contributed by atoms with Gasteiger partial charge in [0.25, 0.3) is 0 Å². The number of rotatable bonds is 1. The highest BCUT2D eigenvalue weighted by Gasteiger charge is 2.15. The van der Waals surface area contributed by atoms with Gasteiger partial charge in [-0.3, -0.25) is 4.98 Å². The molecular formula is C9H6FNO4. The molecule has 1 heterocycles. The highest BCUT2D eigenvalue weighted by Crippen LogP contribution is 2.17. The van der Waals surface area contributed by atoms with Crippen LogP contribution in [0.5, 0.6) is 0 Å². The number of esters is 1. The van der Waals surface area contributed by atoms with E-state index in [1.807, 2.05) is 0 Å². The Balaban J connectivity index is 2.71. The molecule has 2 rings (SSSR count). The smallest absolute Gasteiger partial charge is 0.417 e. The maximum atomic E-state index is 13.3. The largest absolute Gasteiger partial charge is 0.465 e. The summed E-state index contributed by atoms with van der Waals surface area (Å²) in [6.45, 7) is 0. The summed E-state index contributed by atoms with van der Waals surface area (Å²) in [7, 11) is 1.14. The summed E-state index contributed by atoms with van der Waals surface area (Å²) in [5.41, 5.74) is 0.0639. The molecule has 0 unspecified atom stereocenters. The van der Waals surface area contributed by atoms with Crippen molar-refractivity contribution >= 4 is 17.1 Å². The van der Waals surface area contributed by atoms with Gasteiger partial charge in [-0.1, -0.05) is 0 Å². The summed E-state index contributed by atoms with van der Waals surface area (Å²) in [6, 6.07) is 2.13. The van der Waals surface area contributed by atoms with E-state index in [-0.39, 0.29) is 16.7 Å². The van der Waals surface area contributed by atoms with Crippen LogP contribution in [0, 0.1) is 5.82 Å². The lowest BCUT2D eigenvalue weighted by Gasteiger charge is -1.99. The maximum absolute atomic E-state index is 13.3. The van der Waals surface area contributed by atoms with Gasteiger partial charge in [-0.25, -0.2) is 14.0 Å². The highest BCUT2D eigenvalue weighted by atomic mass is 19.1. The zero-order chi connectivity index (χ0) is 11.0. The van der Waals surface area contributed by atoms with Crippen molar-refractivity contribution in [2.24, 2.45) is 0 Å². The predicted molar refractivity (Wildman–Crippen MR) is 48.1 cm³/mol. The molecule has 0 aliphatic carbocycles. The SMILES string of the molecule is COC(=O)c1cc2[nH]c(=O)oc2cc1F. The van der Waals surface area contributed by atoms with Gasteiger partial charge in [0.2, 0.25) is 0 Å². The van der Waals surface area contributed by atoms with Crippen LogP contribution >= 0.6 is 0 Å². The fourth-order valence-electron chi connectivity index (χ4n) is 1.24. The van der Waals surface area contributed by atoms with E-state index in [2.05, 4.69) is 14.1 Å². The normalized spacial score (nSPS) is 10.5. The van der Waals surface area contributed by atoms with Crippen LogP contribution in [0.25, 0.3) is 11.1 Å². The molecule has 0 saturated heterocycles. The van der Waals surface area contributed by atoms with Crippen molar-refractivity contribution in [2.75, 3.05) is 7.11 Å². The lowest BCUT2D eigenvalue weighted by Crippen LogP contribution is -2.04. The molecule has 1 N–H and O–H groups in total. The monoisotopic (exact) mass is 211 g/mol. The number of hydrogen-bond acceptors (Lipinski definition) is 4. The van der Waals surface area contributed by atoms with Crippen LogP contribution in [0.15, 0.2) is 21.3 Å². The number of carbonyl (C=O) groups is 1. The number of nitrogens with one attached hydrogen (secondary N) is 1. The summed E-state index contributed by atoms with van der Waals surface area (Å²) in [6.07, 6.45) is 0. The zero-order valence-corrected chi connectivity index (χ0v) is 7.67. The van der Waals surface area contributed by atoms with Crippen molar-refractivity contribution in [2.45, 2.75) is 0 Å². The van der Waals surface area contributed by atoms with Crippen molar-refractivity contribution in [3.05, 3.63) is 34.1 Å². The average molecular weight is 211 g/mol. The molecule has 0 amide bonds. The average Bonchev–Trinajstić information content (AvgIpc) is 2.55. The number of hydrogen-bond donors (Lipinski definition) is 1. The standard InChI is InChI=1S/C9H6FNO4/c1-14-8(12)4-2-6-7(3-5(4)10)15-9(13)11-6/h2-3H,1H3,(H,11,13). The molecule has 5 nitrogen and oxygen atoms in total. The molecule has 0 aliphatic heterocycles. The summed E-state index contributed by atoms with van der Waals surface area (Å²) < 4.78 is 22.3. The first kappa shape index (κ1) is 9.45. The van der Waals surface area contributed by atoms with Gasteiger partial charge in [0.15, 0.2) is 5.58 Å². The fourth-order valence-corrected chi connectivity index (χ4v) is 1.24. The van der Waals surface area contributed by atoms with Gasteiger partial charge in [0, 0.05) is 6.07 Å². The van der Waals surface area contributed by atoms with Crippen molar-refractivity contribution in [1.29, 1.82) is 0 Å². The second-order valence-corrected chi connectivity index (χ2v) is 2.83. The molecule has 6 heteroatoms. The van der Waals surface area contributed by atoms with Crippen LogP contribution in [0.2, 0.25) is 0 Å². The molecule has 0 radical (unpaired) electrons. The summed E-state index contributed by atoms with van der Waals surface area (Å²) in [5.74, 6) is -2.31. The lowest BCUT2D eigenvalue weighted by molar-refractivity contribution is 0.0595. The van der Waals surface area contributed by atoms with Gasteiger partial charge in [0.1, 0.15) is 5.82 Å². The van der Waals surface area contributed by atoms with E-state index in [0.29, 0.717) is 0 Å². The molecule has 0 atom stereocenters. The number of ether oxygens (including phenoxy) is 1. The number of aromatic amines is 1. The third-order valence-electron chi connectivity index (χ3n) is 1.91. The molecule has 15 heavy (non-hydrogen) atoms. The van der Waals surface area contributed by atoms with Gasteiger partial charge >= 0.3 is 11.7 Å². The maximum Gasteiger partial charge on any atom is 0.417 e. The highest BCUT2D eigenvalue weighted by molar-refractivity contribution is 5.93. The van der Waals surface area contributed by atoms with E-state index in [1.165, 1.54) is 6.07 Å². The molecule has 0 saturated carbocycles. The molecule has 1 aromatic heterocycles. The second kappa shape index (κ2) is 3.23. The second-order valence-electron chi connectivity index (χ2n) is 2.83. The topological polar surface area (TPSA) is 72.3 Å². The predicted octanol–water partition coefficient (Wildman–Crippen LogP) is 1.05. The molecule has 0 spiro atoms. The summed E-state index contributed by atoms with van der Waals surface area (Å²) in [4.78, 5) is 24.2. The minimum Gasteiger partial charge on any atom is -0.465 e. The van der Waals surface area contributed by atoms with Gasteiger partial charge in [-0.2, -0.15) is 0 Å². The Bertz CT molecular complexity index is 583. The third kappa shape index (κ3) is 1.50. The quantitative estimate of drug-likeness (QED) is 0.715. The number of fused-ring (bicyclic) bond motifs is 1. The van der Waals surface area contributed by atoms with Crippen LogP contribution in [0.1, 0.15) is 10.4 Å². The molecule has 2 aromatic rings. The van der Waals surface area contributed by atoms with Crippen molar-refractivity contribution in [3.63, 3.8) is 0 Å². The van der Waals surface area contributed by atoms with E-state index in [1.54, 1.807) is 0 Å². The molecule has 0 bridgehead atoms. The molecule has 0 fully saturated rings. The first-order valence-electron chi connectivity index (χ1n) is 4.02. The number of benzene rings is 1. The molecular weight excluding hydrogens is 205 g/mol. The number of halogens is 1. The summed E-state index contributed by atoms with van der Waals surface area (Å²) in [5, 5.41) is 0. The number of methoxy groups -OCH3 is 1. The fraction of sp³-hybridized carbons (Fsp3) is 0.111. The minimum atomic E-state index is -0.809. The van der Waals surface area contributed by atoms with Gasteiger partial charge < -0.3 is 9.15 Å².